The second kappa shape index (κ2) is 9.88. The first kappa shape index (κ1) is 23.8. The van der Waals surface area contributed by atoms with E-state index in [1.807, 2.05) is 0 Å². The molecule has 1 unspecified atom stereocenters. The SMILES string of the molecule is CCc1c(C(=O)O)[nH]c(CNc2ccc(OC)cc2)c1C(=O)NCC1C(=O)Nc2ccc(F)cc21. The molecule has 2 amide bonds. The van der Waals surface area contributed by atoms with Crippen LogP contribution in [0.4, 0.5) is 15.8 Å². The van der Waals surface area contributed by atoms with Gasteiger partial charge in [0.15, 0.2) is 0 Å². The molecular formula is C25H25FN4O5. The lowest BCUT2D eigenvalue weighted by Gasteiger charge is -2.13. The monoisotopic (exact) mass is 480 g/mol. The molecule has 10 heteroatoms. The van der Waals surface area contributed by atoms with Gasteiger partial charge in [0.1, 0.15) is 17.3 Å². The third-order valence-electron chi connectivity index (χ3n) is 5.97. The molecule has 1 aliphatic rings. The van der Waals surface area contributed by atoms with Crippen molar-refractivity contribution < 1.29 is 28.6 Å². The minimum atomic E-state index is -1.17. The highest BCUT2D eigenvalue weighted by molar-refractivity contribution is 6.04. The number of halogens is 1. The van der Waals surface area contributed by atoms with Crippen molar-refractivity contribution in [1.29, 1.82) is 0 Å². The van der Waals surface area contributed by atoms with Crippen molar-refractivity contribution in [3.8, 4) is 5.75 Å². The van der Waals surface area contributed by atoms with Crippen LogP contribution >= 0.6 is 0 Å². The molecule has 0 radical (unpaired) electrons. The Morgan fingerprint density at radius 1 is 1.17 bits per heavy atom. The Hall–Kier alpha value is -4.34. The van der Waals surface area contributed by atoms with Crippen LogP contribution in [0, 0.1) is 5.82 Å². The van der Waals surface area contributed by atoms with Gasteiger partial charge in [0, 0.05) is 23.6 Å². The number of amides is 2. The summed E-state index contributed by atoms with van der Waals surface area (Å²) in [5.74, 6) is -2.58. The predicted octanol–water partition coefficient (Wildman–Crippen LogP) is 3.50. The minimum absolute atomic E-state index is 0.0600. The van der Waals surface area contributed by atoms with Crippen molar-refractivity contribution in [1.82, 2.24) is 10.3 Å². The molecule has 35 heavy (non-hydrogen) atoms. The summed E-state index contributed by atoms with van der Waals surface area (Å²) >= 11 is 0. The van der Waals surface area contributed by atoms with Crippen LogP contribution in [0.3, 0.4) is 0 Å². The Morgan fingerprint density at radius 3 is 2.57 bits per heavy atom. The van der Waals surface area contributed by atoms with E-state index in [9.17, 15) is 23.9 Å². The van der Waals surface area contributed by atoms with Gasteiger partial charge in [0.2, 0.25) is 5.91 Å². The number of hydrogen-bond donors (Lipinski definition) is 5. The average Bonchev–Trinajstić information content (AvgIpc) is 3.38. The fourth-order valence-electron chi connectivity index (χ4n) is 4.22. The number of aromatic nitrogens is 1. The van der Waals surface area contributed by atoms with Gasteiger partial charge in [0.05, 0.1) is 25.1 Å². The molecule has 5 N–H and O–H groups in total. The van der Waals surface area contributed by atoms with Gasteiger partial charge in [-0.3, -0.25) is 9.59 Å². The summed E-state index contributed by atoms with van der Waals surface area (Å²) < 4.78 is 18.9. The zero-order chi connectivity index (χ0) is 25.1. The summed E-state index contributed by atoms with van der Waals surface area (Å²) in [5, 5.41) is 18.2. The first-order chi connectivity index (χ1) is 16.8. The van der Waals surface area contributed by atoms with Gasteiger partial charge in [-0.2, -0.15) is 0 Å². The number of carboxylic acid groups (broad SMARTS) is 1. The molecule has 2 heterocycles. The minimum Gasteiger partial charge on any atom is -0.497 e. The molecule has 0 spiro atoms. The normalized spacial score (nSPS) is 14.3. The second-order valence-electron chi connectivity index (χ2n) is 8.06. The number of H-pyrrole nitrogens is 1. The zero-order valence-electron chi connectivity index (χ0n) is 19.2. The zero-order valence-corrected chi connectivity index (χ0v) is 19.2. The standard InChI is InChI=1S/C25H25FN4O5/c1-3-16-21(24(32)28-11-18-17-10-13(26)4-9-19(17)30-23(18)31)20(29-22(16)25(33)34)12-27-14-5-7-15(35-2)8-6-14/h4-10,18,27,29H,3,11-12H2,1-2H3,(H,28,32)(H,30,31)(H,33,34). The molecule has 2 aromatic carbocycles. The molecule has 0 aliphatic carbocycles. The average molecular weight is 480 g/mol. The van der Waals surface area contributed by atoms with Crippen LogP contribution in [-0.2, 0) is 17.8 Å². The van der Waals surface area contributed by atoms with Gasteiger partial charge < -0.3 is 30.8 Å². The molecule has 1 aliphatic heterocycles. The van der Waals surface area contributed by atoms with E-state index in [-0.39, 0.29) is 30.3 Å². The van der Waals surface area contributed by atoms with E-state index >= 15 is 0 Å². The summed E-state index contributed by atoms with van der Waals surface area (Å²) in [6.07, 6.45) is 0.307. The highest BCUT2D eigenvalue weighted by Gasteiger charge is 2.32. The molecule has 0 fully saturated rings. The molecule has 9 nitrogen and oxygen atoms in total. The molecule has 1 aromatic heterocycles. The molecular weight excluding hydrogens is 455 g/mol. The summed E-state index contributed by atoms with van der Waals surface area (Å²) in [4.78, 5) is 40.3. The van der Waals surface area contributed by atoms with Crippen LogP contribution in [-0.4, -0.2) is 41.5 Å². The Balaban J connectivity index is 1.56. The lowest BCUT2D eigenvalue weighted by atomic mass is 10.00. The third kappa shape index (κ3) is 4.81. The first-order valence-electron chi connectivity index (χ1n) is 11.1. The van der Waals surface area contributed by atoms with E-state index in [0.717, 1.165) is 5.69 Å². The van der Waals surface area contributed by atoms with Crippen molar-refractivity contribution >= 4 is 29.2 Å². The van der Waals surface area contributed by atoms with Crippen LogP contribution in [0.15, 0.2) is 42.5 Å². The van der Waals surface area contributed by atoms with E-state index in [1.165, 1.54) is 18.2 Å². The second-order valence-corrected chi connectivity index (χ2v) is 8.06. The number of ether oxygens (including phenoxy) is 1. The number of rotatable bonds is 9. The number of anilines is 2. The van der Waals surface area contributed by atoms with Crippen molar-refractivity contribution in [2.75, 3.05) is 24.3 Å². The molecule has 1 atom stereocenters. The van der Waals surface area contributed by atoms with E-state index in [1.54, 1.807) is 38.3 Å². The number of benzene rings is 2. The van der Waals surface area contributed by atoms with Gasteiger partial charge in [0.25, 0.3) is 5.91 Å². The van der Waals surface area contributed by atoms with E-state index in [4.69, 9.17) is 4.74 Å². The van der Waals surface area contributed by atoms with Crippen molar-refractivity contribution in [3.63, 3.8) is 0 Å². The summed E-state index contributed by atoms with van der Waals surface area (Å²) in [7, 11) is 1.57. The van der Waals surface area contributed by atoms with Gasteiger partial charge in [-0.05, 0) is 60.0 Å². The Bertz CT molecular complexity index is 1290. The third-order valence-corrected chi connectivity index (χ3v) is 5.97. The van der Waals surface area contributed by atoms with Gasteiger partial charge in [-0.1, -0.05) is 6.92 Å². The van der Waals surface area contributed by atoms with Crippen molar-refractivity contribution in [2.24, 2.45) is 0 Å². The van der Waals surface area contributed by atoms with Crippen LogP contribution in [0.25, 0.3) is 0 Å². The predicted molar refractivity (Wildman–Crippen MR) is 128 cm³/mol. The molecule has 0 saturated carbocycles. The highest BCUT2D eigenvalue weighted by atomic mass is 19.1. The topological polar surface area (TPSA) is 133 Å². The maximum Gasteiger partial charge on any atom is 0.352 e. The fraction of sp³-hybridized carbons (Fsp3) is 0.240. The maximum atomic E-state index is 13.7. The Morgan fingerprint density at radius 2 is 1.91 bits per heavy atom. The fourth-order valence-corrected chi connectivity index (χ4v) is 4.22. The number of fused-ring (bicyclic) bond motifs is 1. The van der Waals surface area contributed by atoms with Crippen LogP contribution in [0.2, 0.25) is 0 Å². The van der Waals surface area contributed by atoms with Crippen molar-refractivity contribution in [3.05, 3.63) is 76.4 Å². The van der Waals surface area contributed by atoms with Crippen LogP contribution in [0.5, 0.6) is 5.75 Å². The van der Waals surface area contributed by atoms with Crippen LogP contribution < -0.4 is 20.7 Å². The number of nitrogens with one attached hydrogen (secondary N) is 4. The van der Waals surface area contributed by atoms with Crippen LogP contribution in [0.1, 0.15) is 50.5 Å². The maximum absolute atomic E-state index is 13.7. The number of carbonyl (C=O) groups is 3. The number of methoxy groups -OCH3 is 1. The van der Waals surface area contributed by atoms with E-state index < -0.39 is 23.6 Å². The lowest BCUT2D eigenvalue weighted by Crippen LogP contribution is -2.32. The summed E-state index contributed by atoms with van der Waals surface area (Å²) in [6.45, 7) is 1.85. The Labute approximate surface area is 200 Å². The quantitative estimate of drug-likeness (QED) is 0.318. The molecule has 0 bridgehead atoms. The number of carboxylic acids is 1. The molecule has 4 rings (SSSR count). The molecule has 3 aromatic rings. The Kier molecular flexibility index (Phi) is 6.72. The van der Waals surface area contributed by atoms with Gasteiger partial charge in [-0.15, -0.1) is 0 Å². The number of aromatic amines is 1. The lowest BCUT2D eigenvalue weighted by molar-refractivity contribution is -0.116. The van der Waals surface area contributed by atoms with E-state index in [2.05, 4.69) is 20.9 Å². The summed E-state index contributed by atoms with van der Waals surface area (Å²) in [6, 6.07) is 11.2. The molecule has 182 valence electrons. The number of hydrogen-bond acceptors (Lipinski definition) is 5. The number of aromatic carboxylic acids is 1. The first-order valence-corrected chi connectivity index (χ1v) is 11.1. The number of carbonyl (C=O) groups excluding carboxylic acids is 2. The van der Waals surface area contributed by atoms with Gasteiger partial charge in [-0.25, -0.2) is 9.18 Å². The highest BCUT2D eigenvalue weighted by Crippen LogP contribution is 2.32. The smallest absolute Gasteiger partial charge is 0.352 e. The largest absolute Gasteiger partial charge is 0.497 e. The van der Waals surface area contributed by atoms with Crippen molar-refractivity contribution in [2.45, 2.75) is 25.8 Å². The summed E-state index contributed by atoms with van der Waals surface area (Å²) in [5.41, 5.74) is 2.64. The van der Waals surface area contributed by atoms with Gasteiger partial charge >= 0.3 is 5.97 Å². The molecule has 0 saturated heterocycles. The van der Waals surface area contributed by atoms with E-state index in [0.29, 0.717) is 34.7 Å².